The fourth-order valence-electron chi connectivity index (χ4n) is 4.47. The second-order valence-electron chi connectivity index (χ2n) is 8.45. The molecular formula is C23H28N2O2S. The molecule has 148 valence electrons. The summed E-state index contributed by atoms with van der Waals surface area (Å²) in [6, 6.07) is 15.0. The molecule has 1 heterocycles. The van der Waals surface area contributed by atoms with E-state index >= 15 is 0 Å². The predicted molar refractivity (Wildman–Crippen MR) is 114 cm³/mol. The molecule has 2 aromatic carbocycles. The van der Waals surface area contributed by atoms with E-state index in [1.54, 1.807) is 12.1 Å². The van der Waals surface area contributed by atoms with Crippen molar-refractivity contribution in [2.45, 2.75) is 36.5 Å². The molecule has 1 saturated heterocycles. The Hall–Kier alpha value is -2.11. The highest BCUT2D eigenvalue weighted by atomic mass is 32.2. The highest BCUT2D eigenvalue weighted by Gasteiger charge is 2.60. The first-order valence-corrected chi connectivity index (χ1v) is 11.4. The molecule has 0 aromatic heterocycles. The monoisotopic (exact) mass is 396 g/mol. The Balaban J connectivity index is 1.47. The smallest absolute Gasteiger partial charge is 0.261 e. The van der Waals surface area contributed by atoms with Gasteiger partial charge in [-0.2, -0.15) is 0 Å². The number of hydrogen-bond acceptors (Lipinski definition) is 3. The number of anilines is 1. The molecule has 4 nitrogen and oxygen atoms in total. The highest BCUT2D eigenvalue weighted by molar-refractivity contribution is 7.92. The van der Waals surface area contributed by atoms with Gasteiger partial charge in [0.15, 0.2) is 0 Å². The zero-order chi connectivity index (χ0) is 19.9. The average molecular weight is 397 g/mol. The van der Waals surface area contributed by atoms with E-state index in [1.807, 2.05) is 30.3 Å². The van der Waals surface area contributed by atoms with Crippen LogP contribution in [-0.4, -0.2) is 33.0 Å². The van der Waals surface area contributed by atoms with Gasteiger partial charge in [-0.05, 0) is 53.6 Å². The van der Waals surface area contributed by atoms with Crippen molar-refractivity contribution < 1.29 is 8.42 Å². The summed E-state index contributed by atoms with van der Waals surface area (Å²) in [5, 5.41) is 0. The van der Waals surface area contributed by atoms with E-state index < -0.39 is 10.0 Å². The second kappa shape index (κ2) is 7.05. The van der Waals surface area contributed by atoms with Gasteiger partial charge in [-0.15, -0.1) is 6.58 Å². The molecule has 2 fully saturated rings. The standard InChI is InChI=1S/C23H28N2O2S/c1-4-13-25-15-20-14-23(20,16-25)19-7-9-21(10-8-19)24-28(26,27)22-11-5-18(6-12-22)17(2)3/h4-12,17,20,24H,1,13-16H2,2-3H3/t20-,23?/m1/s1. The minimum absolute atomic E-state index is 0.257. The van der Waals surface area contributed by atoms with Crippen LogP contribution in [0, 0.1) is 5.92 Å². The van der Waals surface area contributed by atoms with Crippen LogP contribution in [-0.2, 0) is 15.4 Å². The van der Waals surface area contributed by atoms with Gasteiger partial charge in [0.2, 0.25) is 0 Å². The first-order valence-electron chi connectivity index (χ1n) is 9.91. The van der Waals surface area contributed by atoms with Crippen LogP contribution in [0.25, 0.3) is 0 Å². The maximum absolute atomic E-state index is 12.7. The summed E-state index contributed by atoms with van der Waals surface area (Å²) in [5.74, 6) is 1.09. The summed E-state index contributed by atoms with van der Waals surface area (Å²) in [6.07, 6.45) is 3.19. The zero-order valence-corrected chi connectivity index (χ0v) is 17.4. The van der Waals surface area contributed by atoms with Gasteiger partial charge in [0.05, 0.1) is 4.90 Å². The highest BCUT2D eigenvalue weighted by Crippen LogP contribution is 2.59. The molecule has 5 heteroatoms. The van der Waals surface area contributed by atoms with Crippen LogP contribution >= 0.6 is 0 Å². The van der Waals surface area contributed by atoms with Gasteiger partial charge in [-0.1, -0.05) is 44.2 Å². The largest absolute Gasteiger partial charge is 0.298 e. The summed E-state index contributed by atoms with van der Waals surface area (Å²) in [6.45, 7) is 11.2. The Morgan fingerprint density at radius 1 is 1.18 bits per heavy atom. The lowest BCUT2D eigenvalue weighted by Crippen LogP contribution is -2.26. The van der Waals surface area contributed by atoms with Crippen LogP contribution in [0.1, 0.15) is 37.3 Å². The van der Waals surface area contributed by atoms with E-state index in [1.165, 1.54) is 12.0 Å². The fraction of sp³-hybridized carbons (Fsp3) is 0.391. The van der Waals surface area contributed by atoms with Gasteiger partial charge in [0.25, 0.3) is 10.0 Å². The SMILES string of the molecule is C=CCN1C[C@H]2CC2(c2ccc(NS(=O)(=O)c3ccc(C(C)C)cc3)cc2)C1. The second-order valence-corrected chi connectivity index (χ2v) is 10.1. The van der Waals surface area contributed by atoms with Gasteiger partial charge >= 0.3 is 0 Å². The van der Waals surface area contributed by atoms with Crippen LogP contribution in [0.5, 0.6) is 0 Å². The Labute approximate surface area is 168 Å². The van der Waals surface area contributed by atoms with Gasteiger partial charge in [0.1, 0.15) is 0 Å². The molecule has 0 amide bonds. The van der Waals surface area contributed by atoms with Crippen molar-refractivity contribution >= 4 is 15.7 Å². The minimum Gasteiger partial charge on any atom is -0.298 e. The maximum Gasteiger partial charge on any atom is 0.261 e. The summed E-state index contributed by atoms with van der Waals surface area (Å²) >= 11 is 0. The first-order chi connectivity index (χ1) is 13.3. The van der Waals surface area contributed by atoms with Crippen molar-refractivity contribution in [3.8, 4) is 0 Å². The molecule has 2 aromatic rings. The number of sulfonamides is 1. The molecule has 1 unspecified atom stereocenters. The van der Waals surface area contributed by atoms with E-state index in [4.69, 9.17) is 0 Å². The lowest BCUT2D eigenvalue weighted by molar-refractivity contribution is 0.330. The number of nitrogens with zero attached hydrogens (tertiary/aromatic N) is 1. The van der Waals surface area contributed by atoms with E-state index in [0.717, 1.165) is 31.1 Å². The fourth-order valence-corrected chi connectivity index (χ4v) is 5.53. The molecule has 1 saturated carbocycles. The van der Waals surface area contributed by atoms with Crippen molar-refractivity contribution in [1.29, 1.82) is 0 Å². The number of fused-ring (bicyclic) bond motifs is 1. The summed E-state index contributed by atoms with van der Waals surface area (Å²) < 4.78 is 28.1. The van der Waals surface area contributed by atoms with Gasteiger partial charge < -0.3 is 0 Å². The first kappa shape index (κ1) is 19.2. The van der Waals surface area contributed by atoms with Crippen LogP contribution in [0.4, 0.5) is 5.69 Å². The zero-order valence-electron chi connectivity index (χ0n) is 16.6. The third-order valence-corrected chi connectivity index (χ3v) is 7.57. The van der Waals surface area contributed by atoms with Crippen molar-refractivity contribution in [1.82, 2.24) is 4.90 Å². The third-order valence-electron chi connectivity index (χ3n) is 6.17. The topological polar surface area (TPSA) is 49.4 Å². The number of nitrogens with one attached hydrogen (secondary N) is 1. The van der Waals surface area contributed by atoms with Crippen LogP contribution in [0.15, 0.2) is 66.1 Å². The minimum atomic E-state index is -3.58. The number of hydrogen-bond donors (Lipinski definition) is 1. The summed E-state index contributed by atoms with van der Waals surface area (Å²) in [7, 11) is -3.58. The average Bonchev–Trinajstić information content (AvgIpc) is 3.24. The van der Waals surface area contributed by atoms with Crippen molar-refractivity contribution in [2.75, 3.05) is 24.4 Å². The van der Waals surface area contributed by atoms with E-state index in [2.05, 4.69) is 42.2 Å². The van der Waals surface area contributed by atoms with Crippen LogP contribution in [0.3, 0.4) is 0 Å². The molecule has 1 aliphatic carbocycles. The predicted octanol–water partition coefficient (Wildman–Crippen LogP) is 4.37. The lowest BCUT2D eigenvalue weighted by Gasteiger charge is -2.19. The van der Waals surface area contributed by atoms with Crippen molar-refractivity contribution in [3.63, 3.8) is 0 Å². The van der Waals surface area contributed by atoms with Crippen LogP contribution < -0.4 is 4.72 Å². The third kappa shape index (κ3) is 3.49. The Kier molecular flexibility index (Phi) is 4.84. The Morgan fingerprint density at radius 2 is 1.86 bits per heavy atom. The van der Waals surface area contributed by atoms with E-state index in [-0.39, 0.29) is 10.3 Å². The molecule has 2 atom stereocenters. The molecule has 0 spiro atoms. The maximum atomic E-state index is 12.7. The Bertz CT molecular complexity index is 965. The quantitative estimate of drug-likeness (QED) is 0.707. The van der Waals surface area contributed by atoms with Gasteiger partial charge in [-0.3, -0.25) is 9.62 Å². The molecule has 1 N–H and O–H groups in total. The van der Waals surface area contributed by atoms with Gasteiger partial charge in [0, 0.05) is 30.7 Å². The van der Waals surface area contributed by atoms with Crippen LogP contribution in [0.2, 0.25) is 0 Å². The summed E-state index contributed by atoms with van der Waals surface area (Å²) in [4.78, 5) is 2.73. The van der Waals surface area contributed by atoms with Crippen molar-refractivity contribution in [2.24, 2.45) is 5.92 Å². The normalized spacial score (nSPS) is 24.2. The number of piperidine rings is 1. The number of likely N-dealkylation sites (tertiary alicyclic amines) is 1. The van der Waals surface area contributed by atoms with E-state index in [9.17, 15) is 8.42 Å². The lowest BCUT2D eigenvalue weighted by atomic mass is 9.95. The molecule has 28 heavy (non-hydrogen) atoms. The molecule has 2 aliphatic rings. The van der Waals surface area contributed by atoms with Crippen molar-refractivity contribution in [3.05, 3.63) is 72.3 Å². The van der Waals surface area contributed by atoms with E-state index in [0.29, 0.717) is 11.6 Å². The van der Waals surface area contributed by atoms with Gasteiger partial charge in [-0.25, -0.2) is 8.42 Å². The molecule has 4 rings (SSSR count). The molecular weight excluding hydrogens is 368 g/mol. The molecule has 0 radical (unpaired) electrons. The number of benzene rings is 2. The molecule has 0 bridgehead atoms. The summed E-state index contributed by atoms with van der Waals surface area (Å²) in [5.41, 5.74) is 3.30. The number of rotatable bonds is 7. The molecule has 1 aliphatic heterocycles. The Morgan fingerprint density at radius 3 is 2.46 bits per heavy atom.